The molecule has 0 fully saturated rings. The third-order valence-electron chi connectivity index (χ3n) is 4.25. The summed E-state index contributed by atoms with van der Waals surface area (Å²) in [7, 11) is 0. The highest BCUT2D eigenvalue weighted by Gasteiger charge is 2.17. The van der Waals surface area contributed by atoms with Crippen molar-refractivity contribution in [3.63, 3.8) is 0 Å². The first-order chi connectivity index (χ1) is 13.4. The van der Waals surface area contributed by atoms with Crippen molar-refractivity contribution in [2.45, 2.75) is 6.92 Å². The van der Waals surface area contributed by atoms with Crippen molar-refractivity contribution < 1.29 is 14.1 Å². The van der Waals surface area contributed by atoms with Crippen molar-refractivity contribution in [3.05, 3.63) is 81.2 Å². The number of hydrogen-bond acceptors (Lipinski definition) is 5. The first-order valence-corrected chi connectivity index (χ1v) is 9.09. The van der Waals surface area contributed by atoms with E-state index >= 15 is 0 Å². The maximum absolute atomic E-state index is 13.1. The van der Waals surface area contributed by atoms with Crippen LogP contribution in [0, 0.1) is 22.9 Å². The third-order valence-corrected chi connectivity index (χ3v) is 5.09. The number of aromatic nitrogens is 2. The SMILES string of the molecule is Cc1cc([N+](=O)[O-])ccc1NC(=O)c1csc2nc(-c3ccc(F)cc3)cn12. The van der Waals surface area contributed by atoms with Gasteiger partial charge in [-0.15, -0.1) is 11.3 Å². The Kier molecular flexibility index (Phi) is 4.36. The van der Waals surface area contributed by atoms with Crippen molar-refractivity contribution in [2.75, 3.05) is 5.32 Å². The second-order valence-corrected chi connectivity index (χ2v) is 6.95. The molecule has 2 heterocycles. The fourth-order valence-corrected chi connectivity index (χ4v) is 3.65. The monoisotopic (exact) mass is 396 g/mol. The molecule has 4 rings (SSSR count). The van der Waals surface area contributed by atoms with Gasteiger partial charge in [-0.1, -0.05) is 0 Å². The van der Waals surface area contributed by atoms with Crippen LogP contribution in [0.4, 0.5) is 15.8 Å². The standard InChI is InChI=1S/C19H13FN4O3S/c1-11-8-14(24(26)27)6-7-15(11)21-18(25)17-10-28-19-22-16(9-23(17)19)12-2-4-13(20)5-3-12/h2-10H,1H3,(H,21,25). The Morgan fingerprint density at radius 2 is 2.00 bits per heavy atom. The topological polar surface area (TPSA) is 89.5 Å². The first-order valence-electron chi connectivity index (χ1n) is 8.21. The molecular formula is C19H13FN4O3S. The molecule has 7 nitrogen and oxygen atoms in total. The summed E-state index contributed by atoms with van der Waals surface area (Å²) in [6, 6.07) is 10.2. The number of rotatable bonds is 4. The lowest BCUT2D eigenvalue weighted by Crippen LogP contribution is -2.14. The van der Waals surface area contributed by atoms with Crippen molar-refractivity contribution in [2.24, 2.45) is 0 Å². The molecule has 4 aromatic rings. The summed E-state index contributed by atoms with van der Waals surface area (Å²) in [4.78, 5) is 28.2. The van der Waals surface area contributed by atoms with Crippen LogP contribution < -0.4 is 5.32 Å². The molecule has 0 radical (unpaired) electrons. The van der Waals surface area contributed by atoms with Crippen molar-refractivity contribution in [1.82, 2.24) is 9.38 Å². The second kappa shape index (κ2) is 6.86. The molecule has 2 aromatic heterocycles. The second-order valence-electron chi connectivity index (χ2n) is 6.12. The Labute approximate surface area is 162 Å². The molecule has 1 amide bonds. The number of carbonyl (C=O) groups is 1. The van der Waals surface area contributed by atoms with Gasteiger partial charge in [0, 0.05) is 35.0 Å². The fraction of sp³-hybridized carbons (Fsp3) is 0.0526. The number of imidazole rings is 1. The number of thiazole rings is 1. The molecule has 0 saturated heterocycles. The number of benzene rings is 2. The zero-order valence-electron chi connectivity index (χ0n) is 14.5. The summed E-state index contributed by atoms with van der Waals surface area (Å²) in [5.41, 5.74) is 2.81. The van der Waals surface area contributed by atoms with E-state index in [1.54, 1.807) is 35.0 Å². The van der Waals surface area contributed by atoms with Crippen LogP contribution in [0.15, 0.2) is 54.0 Å². The molecule has 0 bridgehead atoms. The number of halogens is 1. The van der Waals surface area contributed by atoms with Crippen LogP contribution in [0.25, 0.3) is 16.2 Å². The van der Waals surface area contributed by atoms with E-state index in [0.29, 0.717) is 27.6 Å². The quantitative estimate of drug-likeness (QED) is 0.401. The summed E-state index contributed by atoms with van der Waals surface area (Å²) < 4.78 is 14.8. The van der Waals surface area contributed by atoms with Gasteiger partial charge in [-0.3, -0.25) is 19.3 Å². The zero-order valence-corrected chi connectivity index (χ0v) is 15.4. The van der Waals surface area contributed by atoms with E-state index in [4.69, 9.17) is 0 Å². The molecule has 1 N–H and O–H groups in total. The van der Waals surface area contributed by atoms with Crippen molar-refractivity contribution in [3.8, 4) is 11.3 Å². The van der Waals surface area contributed by atoms with Crippen molar-refractivity contribution in [1.29, 1.82) is 0 Å². The van der Waals surface area contributed by atoms with Gasteiger partial charge >= 0.3 is 0 Å². The van der Waals surface area contributed by atoms with E-state index in [9.17, 15) is 19.3 Å². The van der Waals surface area contributed by atoms with Gasteiger partial charge in [-0.2, -0.15) is 0 Å². The smallest absolute Gasteiger partial charge is 0.273 e. The number of amides is 1. The Morgan fingerprint density at radius 3 is 2.68 bits per heavy atom. The first kappa shape index (κ1) is 17.8. The fourth-order valence-electron chi connectivity index (χ4n) is 2.79. The Balaban J connectivity index is 1.63. The number of anilines is 1. The maximum Gasteiger partial charge on any atom is 0.273 e. The number of nitrogens with zero attached hydrogens (tertiary/aromatic N) is 3. The number of carbonyl (C=O) groups excluding carboxylic acids is 1. The average molecular weight is 396 g/mol. The number of hydrogen-bond donors (Lipinski definition) is 1. The largest absolute Gasteiger partial charge is 0.320 e. The summed E-state index contributed by atoms with van der Waals surface area (Å²) in [6.07, 6.45) is 1.72. The minimum atomic E-state index is -0.483. The van der Waals surface area contributed by atoms with E-state index in [0.717, 1.165) is 5.56 Å². The van der Waals surface area contributed by atoms with Gasteiger partial charge in [0.25, 0.3) is 11.6 Å². The number of fused-ring (bicyclic) bond motifs is 1. The molecule has 0 spiro atoms. The van der Waals surface area contributed by atoms with Crippen LogP contribution in [0.2, 0.25) is 0 Å². The van der Waals surface area contributed by atoms with E-state index in [1.165, 1.54) is 41.7 Å². The van der Waals surface area contributed by atoms with Gasteiger partial charge in [-0.05, 0) is 42.8 Å². The molecule has 140 valence electrons. The molecular weight excluding hydrogens is 383 g/mol. The predicted molar refractivity (Wildman–Crippen MR) is 104 cm³/mol. The summed E-state index contributed by atoms with van der Waals surface area (Å²) in [5.74, 6) is -0.686. The highest BCUT2D eigenvalue weighted by atomic mass is 32.1. The molecule has 0 aliphatic carbocycles. The highest BCUT2D eigenvalue weighted by molar-refractivity contribution is 7.15. The van der Waals surface area contributed by atoms with Gasteiger partial charge in [-0.25, -0.2) is 9.37 Å². The van der Waals surface area contributed by atoms with Gasteiger partial charge < -0.3 is 5.32 Å². The molecule has 0 saturated carbocycles. The molecule has 0 atom stereocenters. The summed E-state index contributed by atoms with van der Waals surface area (Å²) in [6.45, 7) is 1.69. The lowest BCUT2D eigenvalue weighted by molar-refractivity contribution is -0.384. The molecule has 0 unspecified atom stereocenters. The summed E-state index contributed by atoms with van der Waals surface area (Å²) >= 11 is 1.31. The van der Waals surface area contributed by atoms with Crippen molar-refractivity contribution >= 4 is 33.6 Å². The zero-order chi connectivity index (χ0) is 19.8. The van der Waals surface area contributed by atoms with E-state index in [-0.39, 0.29) is 17.4 Å². The lowest BCUT2D eigenvalue weighted by atomic mass is 10.1. The molecule has 9 heteroatoms. The van der Waals surface area contributed by atoms with Crippen LogP contribution in [0.3, 0.4) is 0 Å². The normalized spacial score (nSPS) is 10.9. The average Bonchev–Trinajstić information content (AvgIpc) is 3.24. The molecule has 28 heavy (non-hydrogen) atoms. The number of nitrogens with one attached hydrogen (secondary N) is 1. The number of nitro groups is 1. The van der Waals surface area contributed by atoms with Crippen LogP contribution in [0.1, 0.15) is 16.1 Å². The number of non-ortho nitro benzene ring substituents is 1. The van der Waals surface area contributed by atoms with Gasteiger partial charge in [0.1, 0.15) is 11.5 Å². The Morgan fingerprint density at radius 1 is 1.25 bits per heavy atom. The van der Waals surface area contributed by atoms with Crippen LogP contribution >= 0.6 is 11.3 Å². The van der Waals surface area contributed by atoms with Gasteiger partial charge in [0.05, 0.1) is 10.6 Å². The van der Waals surface area contributed by atoms with Crippen LogP contribution in [-0.2, 0) is 0 Å². The molecule has 0 aliphatic rings. The van der Waals surface area contributed by atoms with E-state index < -0.39 is 4.92 Å². The predicted octanol–water partition coefficient (Wildman–Crippen LogP) is 4.67. The van der Waals surface area contributed by atoms with Crippen LogP contribution in [0.5, 0.6) is 0 Å². The van der Waals surface area contributed by atoms with E-state index in [1.807, 2.05) is 0 Å². The van der Waals surface area contributed by atoms with Gasteiger partial charge in [0.2, 0.25) is 0 Å². The van der Waals surface area contributed by atoms with E-state index in [2.05, 4.69) is 10.3 Å². The number of aryl methyl sites for hydroxylation is 1. The minimum absolute atomic E-state index is 0.0352. The highest BCUT2D eigenvalue weighted by Crippen LogP contribution is 2.26. The minimum Gasteiger partial charge on any atom is -0.320 e. The maximum atomic E-state index is 13.1. The Bertz CT molecular complexity index is 1210. The lowest BCUT2D eigenvalue weighted by Gasteiger charge is -2.07. The number of nitro benzene ring substituents is 1. The Hall–Kier alpha value is -3.59. The van der Waals surface area contributed by atoms with Gasteiger partial charge in [0.15, 0.2) is 4.96 Å². The molecule has 2 aromatic carbocycles. The summed E-state index contributed by atoms with van der Waals surface area (Å²) in [5, 5.41) is 15.3. The molecule has 0 aliphatic heterocycles. The third kappa shape index (κ3) is 3.23. The van der Waals surface area contributed by atoms with Crippen LogP contribution in [-0.4, -0.2) is 20.2 Å².